The van der Waals surface area contributed by atoms with Gasteiger partial charge in [0.25, 0.3) is 0 Å². The molecule has 2 N–H and O–H groups in total. The van der Waals surface area contributed by atoms with Crippen molar-refractivity contribution in [3.63, 3.8) is 0 Å². The molecule has 2 rings (SSSR count). The van der Waals surface area contributed by atoms with Crippen LogP contribution in [-0.2, 0) is 4.79 Å². The molecular formula is C19H31ClN2O3. The Balaban J connectivity index is 0.00000312. The SMILES string of the molecule is CCCCOc1ccc(C(C)NC(=O)C2CCCCN2)cc1OC.Cl. The quantitative estimate of drug-likeness (QED) is 0.686. The Morgan fingerprint density at radius 3 is 2.80 bits per heavy atom. The topological polar surface area (TPSA) is 59.6 Å². The highest BCUT2D eigenvalue weighted by atomic mass is 35.5. The van der Waals surface area contributed by atoms with Gasteiger partial charge in [0.05, 0.1) is 25.8 Å². The molecule has 2 unspecified atom stereocenters. The average Bonchev–Trinajstić information content (AvgIpc) is 2.62. The maximum absolute atomic E-state index is 12.3. The minimum Gasteiger partial charge on any atom is -0.493 e. The van der Waals surface area contributed by atoms with Gasteiger partial charge in [-0.15, -0.1) is 12.4 Å². The molecule has 0 spiro atoms. The van der Waals surface area contributed by atoms with E-state index in [1.807, 2.05) is 25.1 Å². The number of carbonyl (C=O) groups is 1. The predicted molar refractivity (Wildman–Crippen MR) is 103 cm³/mol. The fourth-order valence-corrected chi connectivity index (χ4v) is 2.87. The molecule has 1 fully saturated rings. The Kier molecular flexibility index (Phi) is 9.68. The summed E-state index contributed by atoms with van der Waals surface area (Å²) in [5, 5.41) is 6.37. The second-order valence-electron chi connectivity index (χ2n) is 6.35. The number of halogens is 1. The highest BCUT2D eigenvalue weighted by Gasteiger charge is 2.22. The molecular weight excluding hydrogens is 340 g/mol. The van der Waals surface area contributed by atoms with E-state index in [4.69, 9.17) is 9.47 Å². The molecule has 1 aromatic carbocycles. The van der Waals surface area contributed by atoms with Gasteiger partial charge < -0.3 is 20.1 Å². The number of hydrogen-bond acceptors (Lipinski definition) is 4. The van der Waals surface area contributed by atoms with Crippen LogP contribution in [0.5, 0.6) is 11.5 Å². The molecule has 0 bridgehead atoms. The van der Waals surface area contributed by atoms with E-state index in [0.717, 1.165) is 50.0 Å². The standard InChI is InChI=1S/C19H30N2O3.ClH/c1-4-5-12-24-17-10-9-15(13-18(17)23-3)14(2)21-19(22)16-8-6-7-11-20-16;/h9-10,13-14,16,20H,4-8,11-12H2,1-3H3,(H,21,22);1H. The predicted octanol–water partition coefficient (Wildman–Crippen LogP) is 3.62. The summed E-state index contributed by atoms with van der Waals surface area (Å²) in [5.74, 6) is 1.53. The number of unbranched alkanes of at least 4 members (excludes halogenated alkanes) is 1. The summed E-state index contributed by atoms with van der Waals surface area (Å²) in [7, 11) is 1.64. The van der Waals surface area contributed by atoms with Crippen LogP contribution in [0.25, 0.3) is 0 Å². The van der Waals surface area contributed by atoms with Gasteiger partial charge in [-0.05, 0) is 50.4 Å². The van der Waals surface area contributed by atoms with E-state index in [0.29, 0.717) is 12.4 Å². The molecule has 1 saturated heterocycles. The van der Waals surface area contributed by atoms with E-state index in [1.54, 1.807) is 7.11 Å². The molecule has 0 aromatic heterocycles. The number of piperidine rings is 1. The minimum absolute atomic E-state index is 0. The highest BCUT2D eigenvalue weighted by molar-refractivity contribution is 5.85. The zero-order valence-corrected chi connectivity index (χ0v) is 16.3. The molecule has 1 aromatic rings. The number of hydrogen-bond donors (Lipinski definition) is 2. The fraction of sp³-hybridized carbons (Fsp3) is 0.632. The van der Waals surface area contributed by atoms with Crippen LogP contribution in [0.2, 0.25) is 0 Å². The van der Waals surface area contributed by atoms with Crippen LogP contribution in [0.3, 0.4) is 0 Å². The van der Waals surface area contributed by atoms with E-state index in [2.05, 4.69) is 17.6 Å². The van der Waals surface area contributed by atoms with Gasteiger partial charge >= 0.3 is 0 Å². The summed E-state index contributed by atoms with van der Waals surface area (Å²) in [4.78, 5) is 12.3. The molecule has 0 aliphatic carbocycles. The van der Waals surface area contributed by atoms with Crippen molar-refractivity contribution in [1.29, 1.82) is 0 Å². The number of carbonyl (C=O) groups excluding carboxylic acids is 1. The molecule has 0 saturated carbocycles. The Bertz CT molecular complexity index is 533. The second kappa shape index (κ2) is 11.2. The smallest absolute Gasteiger partial charge is 0.237 e. The average molecular weight is 371 g/mol. The molecule has 25 heavy (non-hydrogen) atoms. The third-order valence-electron chi connectivity index (χ3n) is 4.43. The first-order valence-electron chi connectivity index (χ1n) is 9.00. The fourth-order valence-electron chi connectivity index (χ4n) is 2.87. The van der Waals surface area contributed by atoms with Gasteiger partial charge in [0.1, 0.15) is 0 Å². The zero-order chi connectivity index (χ0) is 17.4. The van der Waals surface area contributed by atoms with Gasteiger partial charge in [-0.25, -0.2) is 0 Å². The van der Waals surface area contributed by atoms with Crippen molar-refractivity contribution in [2.24, 2.45) is 0 Å². The minimum atomic E-state index is -0.0697. The number of benzene rings is 1. The van der Waals surface area contributed by atoms with Gasteiger partial charge in [0.15, 0.2) is 11.5 Å². The van der Waals surface area contributed by atoms with Crippen LogP contribution in [0.15, 0.2) is 18.2 Å². The van der Waals surface area contributed by atoms with Crippen molar-refractivity contribution in [1.82, 2.24) is 10.6 Å². The second-order valence-corrected chi connectivity index (χ2v) is 6.35. The number of amides is 1. The molecule has 6 heteroatoms. The zero-order valence-electron chi connectivity index (χ0n) is 15.5. The normalized spacial score (nSPS) is 18.0. The lowest BCUT2D eigenvalue weighted by Crippen LogP contribution is -2.47. The van der Waals surface area contributed by atoms with Crippen LogP contribution < -0.4 is 20.1 Å². The van der Waals surface area contributed by atoms with Crippen LogP contribution in [0, 0.1) is 0 Å². The van der Waals surface area contributed by atoms with E-state index in [9.17, 15) is 4.79 Å². The molecule has 1 aliphatic heterocycles. The maximum Gasteiger partial charge on any atom is 0.237 e. The molecule has 0 radical (unpaired) electrons. The van der Waals surface area contributed by atoms with Crippen LogP contribution in [-0.4, -0.2) is 32.2 Å². The Morgan fingerprint density at radius 2 is 2.16 bits per heavy atom. The van der Waals surface area contributed by atoms with Crippen LogP contribution >= 0.6 is 12.4 Å². The van der Waals surface area contributed by atoms with Crippen LogP contribution in [0.1, 0.15) is 57.6 Å². The van der Waals surface area contributed by atoms with Gasteiger partial charge in [-0.2, -0.15) is 0 Å². The van der Waals surface area contributed by atoms with Crippen molar-refractivity contribution in [2.45, 2.75) is 58.0 Å². The summed E-state index contributed by atoms with van der Waals surface area (Å²) < 4.78 is 11.2. The van der Waals surface area contributed by atoms with E-state index in [-0.39, 0.29) is 30.4 Å². The molecule has 142 valence electrons. The summed E-state index contributed by atoms with van der Waals surface area (Å²) in [6.45, 7) is 5.73. The summed E-state index contributed by atoms with van der Waals surface area (Å²) >= 11 is 0. The lowest BCUT2D eigenvalue weighted by molar-refractivity contribution is -0.124. The first kappa shape index (κ1) is 21.6. The molecule has 2 atom stereocenters. The Morgan fingerprint density at radius 1 is 1.36 bits per heavy atom. The number of nitrogens with one attached hydrogen (secondary N) is 2. The van der Waals surface area contributed by atoms with E-state index >= 15 is 0 Å². The lowest BCUT2D eigenvalue weighted by atomic mass is 10.0. The van der Waals surface area contributed by atoms with Crippen LogP contribution in [0.4, 0.5) is 0 Å². The number of rotatable bonds is 8. The van der Waals surface area contributed by atoms with Crippen molar-refractivity contribution >= 4 is 18.3 Å². The van der Waals surface area contributed by atoms with Gasteiger partial charge in [-0.1, -0.05) is 25.8 Å². The molecule has 5 nitrogen and oxygen atoms in total. The first-order valence-corrected chi connectivity index (χ1v) is 9.00. The third kappa shape index (κ3) is 6.40. The number of methoxy groups -OCH3 is 1. The largest absolute Gasteiger partial charge is 0.493 e. The van der Waals surface area contributed by atoms with Crippen molar-refractivity contribution in [3.05, 3.63) is 23.8 Å². The van der Waals surface area contributed by atoms with E-state index in [1.165, 1.54) is 0 Å². The summed E-state index contributed by atoms with van der Waals surface area (Å²) in [6.07, 6.45) is 5.28. The monoisotopic (exact) mass is 370 g/mol. The highest BCUT2D eigenvalue weighted by Crippen LogP contribution is 2.30. The summed E-state index contributed by atoms with van der Waals surface area (Å²) in [6, 6.07) is 5.72. The maximum atomic E-state index is 12.3. The van der Waals surface area contributed by atoms with E-state index < -0.39 is 0 Å². The van der Waals surface area contributed by atoms with Gasteiger partial charge in [0.2, 0.25) is 5.91 Å². The molecule has 1 amide bonds. The van der Waals surface area contributed by atoms with Gasteiger partial charge in [-0.3, -0.25) is 4.79 Å². The lowest BCUT2D eigenvalue weighted by Gasteiger charge is -2.25. The third-order valence-corrected chi connectivity index (χ3v) is 4.43. The summed E-state index contributed by atoms with van der Waals surface area (Å²) in [5.41, 5.74) is 1.01. The Labute approximate surface area is 157 Å². The Hall–Kier alpha value is -1.46. The molecule has 1 aliphatic rings. The van der Waals surface area contributed by atoms with Crippen molar-refractivity contribution in [2.75, 3.05) is 20.3 Å². The molecule has 1 heterocycles. The number of ether oxygens (including phenoxy) is 2. The van der Waals surface area contributed by atoms with Gasteiger partial charge in [0, 0.05) is 0 Å². The first-order chi connectivity index (χ1) is 11.7. The van der Waals surface area contributed by atoms with Crippen molar-refractivity contribution in [3.8, 4) is 11.5 Å². The van der Waals surface area contributed by atoms with Crippen molar-refractivity contribution < 1.29 is 14.3 Å².